The number of hydrogen-bond donors (Lipinski definition) is 2. The first-order chi connectivity index (χ1) is 7.70. The Kier molecular flexibility index (Phi) is 3.79. The normalized spacial score (nSPS) is 26.4. The van der Waals surface area contributed by atoms with Crippen LogP contribution in [0.5, 0.6) is 0 Å². The third-order valence-electron chi connectivity index (χ3n) is 3.14. The van der Waals surface area contributed by atoms with Gasteiger partial charge in [0.15, 0.2) is 0 Å². The average molecular weight is 241 g/mol. The van der Waals surface area contributed by atoms with Gasteiger partial charge in [0.25, 0.3) is 0 Å². The molecule has 2 N–H and O–H groups in total. The molecule has 0 saturated carbocycles. The number of nitrogens with zero attached hydrogens (tertiary/aromatic N) is 1. The number of nitrogens with one attached hydrogen (secondary N) is 1. The van der Waals surface area contributed by atoms with Gasteiger partial charge in [-0.25, -0.2) is 0 Å². The minimum absolute atomic E-state index is 0.617. The van der Waals surface area contributed by atoms with Crippen molar-refractivity contribution in [3.8, 4) is 0 Å². The third-order valence-corrected chi connectivity index (χ3v) is 3.48. The molecule has 0 spiro atoms. The molecule has 1 fully saturated rings. The van der Waals surface area contributed by atoms with E-state index in [9.17, 15) is 5.11 Å². The lowest BCUT2D eigenvalue weighted by Gasteiger charge is -2.26. The molecule has 0 radical (unpaired) electrons. The Morgan fingerprint density at radius 3 is 3.12 bits per heavy atom. The van der Waals surface area contributed by atoms with E-state index in [-0.39, 0.29) is 0 Å². The zero-order chi connectivity index (χ0) is 11.4. The highest BCUT2D eigenvalue weighted by molar-refractivity contribution is 6.31. The Labute approximate surface area is 101 Å². The van der Waals surface area contributed by atoms with Gasteiger partial charge in [0.1, 0.15) is 0 Å². The summed E-state index contributed by atoms with van der Waals surface area (Å²) in [7, 11) is 0. The summed E-state index contributed by atoms with van der Waals surface area (Å²) < 4.78 is 0. The lowest BCUT2D eigenvalue weighted by atomic mass is 9.88. The lowest BCUT2D eigenvalue weighted by molar-refractivity contribution is 0.0285. The smallest absolute Gasteiger partial charge is 0.0701 e. The lowest BCUT2D eigenvalue weighted by Crippen LogP contribution is -2.32. The number of aromatic nitrogens is 1. The summed E-state index contributed by atoms with van der Waals surface area (Å²) in [6, 6.07) is 1.89. The summed E-state index contributed by atoms with van der Waals surface area (Å²) in [5, 5.41) is 14.5. The maximum Gasteiger partial charge on any atom is 0.0701 e. The summed E-state index contributed by atoms with van der Waals surface area (Å²) in [5.74, 6) is 0. The molecule has 1 aliphatic heterocycles. The summed E-state index contributed by atoms with van der Waals surface area (Å²) in [5.41, 5.74) is 0.371. The number of halogens is 1. The van der Waals surface area contributed by atoms with Crippen molar-refractivity contribution in [2.45, 2.75) is 31.3 Å². The van der Waals surface area contributed by atoms with Crippen molar-refractivity contribution in [2.24, 2.45) is 0 Å². The second-order valence-electron chi connectivity index (χ2n) is 4.47. The van der Waals surface area contributed by atoms with E-state index in [1.54, 1.807) is 12.4 Å². The molecule has 0 amide bonds. The highest BCUT2D eigenvalue weighted by Crippen LogP contribution is 2.27. The molecule has 2 rings (SSSR count). The zero-order valence-corrected chi connectivity index (χ0v) is 10.0. The Hall–Kier alpha value is -0.640. The molecule has 4 heteroatoms. The fraction of sp³-hybridized carbons (Fsp3) is 0.583. The maximum atomic E-state index is 10.5. The Bertz CT molecular complexity index is 349. The van der Waals surface area contributed by atoms with Crippen LogP contribution in [-0.4, -0.2) is 28.8 Å². The zero-order valence-electron chi connectivity index (χ0n) is 9.25. The molecule has 1 aromatic rings. The van der Waals surface area contributed by atoms with Gasteiger partial charge in [-0.15, -0.1) is 0 Å². The Morgan fingerprint density at radius 2 is 2.31 bits per heavy atom. The molecule has 16 heavy (non-hydrogen) atoms. The van der Waals surface area contributed by atoms with Crippen LogP contribution in [0, 0.1) is 0 Å². The maximum absolute atomic E-state index is 10.5. The van der Waals surface area contributed by atoms with Gasteiger partial charge in [0.05, 0.1) is 10.6 Å². The summed E-state index contributed by atoms with van der Waals surface area (Å²) in [6.45, 7) is 1.87. The summed E-state index contributed by atoms with van der Waals surface area (Å²) >= 11 is 6.06. The van der Waals surface area contributed by atoms with Crippen molar-refractivity contribution in [2.75, 3.05) is 13.1 Å². The molecule has 2 heterocycles. The first-order valence-electron chi connectivity index (χ1n) is 5.71. The van der Waals surface area contributed by atoms with Crippen molar-refractivity contribution in [3.63, 3.8) is 0 Å². The van der Waals surface area contributed by atoms with Gasteiger partial charge < -0.3 is 10.4 Å². The van der Waals surface area contributed by atoms with E-state index in [2.05, 4.69) is 10.3 Å². The molecule has 1 unspecified atom stereocenters. The Balaban J connectivity index is 2.10. The predicted molar refractivity (Wildman–Crippen MR) is 64.6 cm³/mol. The first kappa shape index (κ1) is 11.8. The average Bonchev–Trinajstić information content (AvgIpc) is 2.47. The van der Waals surface area contributed by atoms with Crippen LogP contribution in [0.2, 0.25) is 5.02 Å². The molecule has 88 valence electrons. The SMILES string of the molecule is OC1(Cc2ccncc2Cl)CCCNCC1. The van der Waals surface area contributed by atoms with Crippen LogP contribution in [0.15, 0.2) is 18.5 Å². The fourth-order valence-electron chi connectivity index (χ4n) is 2.19. The van der Waals surface area contributed by atoms with Crippen molar-refractivity contribution in [1.29, 1.82) is 0 Å². The number of pyridine rings is 1. The number of rotatable bonds is 2. The monoisotopic (exact) mass is 240 g/mol. The minimum atomic E-state index is -0.617. The van der Waals surface area contributed by atoms with Crippen LogP contribution in [0.1, 0.15) is 24.8 Å². The van der Waals surface area contributed by atoms with E-state index in [4.69, 9.17) is 11.6 Å². The van der Waals surface area contributed by atoms with Crippen LogP contribution in [0.25, 0.3) is 0 Å². The van der Waals surface area contributed by atoms with E-state index in [1.165, 1.54) is 0 Å². The van der Waals surface area contributed by atoms with Crippen LogP contribution in [0.4, 0.5) is 0 Å². The van der Waals surface area contributed by atoms with Crippen molar-refractivity contribution in [1.82, 2.24) is 10.3 Å². The number of hydrogen-bond acceptors (Lipinski definition) is 3. The van der Waals surface area contributed by atoms with Gasteiger partial charge in [-0.3, -0.25) is 4.98 Å². The van der Waals surface area contributed by atoms with Gasteiger partial charge in [-0.05, 0) is 44.0 Å². The highest BCUT2D eigenvalue weighted by Gasteiger charge is 2.28. The highest BCUT2D eigenvalue weighted by atomic mass is 35.5. The molecule has 3 nitrogen and oxygen atoms in total. The minimum Gasteiger partial charge on any atom is -0.389 e. The third kappa shape index (κ3) is 2.94. The molecule has 0 bridgehead atoms. The molecule has 0 aromatic carbocycles. The topological polar surface area (TPSA) is 45.2 Å². The van der Waals surface area contributed by atoms with Gasteiger partial charge >= 0.3 is 0 Å². The van der Waals surface area contributed by atoms with E-state index in [0.717, 1.165) is 37.9 Å². The van der Waals surface area contributed by atoms with Crippen molar-refractivity contribution < 1.29 is 5.11 Å². The van der Waals surface area contributed by atoms with E-state index in [1.807, 2.05) is 6.07 Å². The summed E-state index contributed by atoms with van der Waals surface area (Å²) in [4.78, 5) is 3.95. The van der Waals surface area contributed by atoms with Gasteiger partial charge in [0, 0.05) is 18.8 Å². The molecule has 0 aliphatic carbocycles. The quantitative estimate of drug-likeness (QED) is 0.829. The molecular weight excluding hydrogens is 224 g/mol. The molecular formula is C12H17ClN2O. The van der Waals surface area contributed by atoms with Crippen molar-refractivity contribution in [3.05, 3.63) is 29.0 Å². The standard InChI is InChI=1S/C12H17ClN2O/c13-11-9-15-6-2-10(11)8-12(16)3-1-5-14-7-4-12/h2,6,9,14,16H,1,3-5,7-8H2. The molecule has 1 saturated heterocycles. The second-order valence-corrected chi connectivity index (χ2v) is 4.88. The van der Waals surface area contributed by atoms with E-state index < -0.39 is 5.60 Å². The molecule has 1 atom stereocenters. The van der Waals surface area contributed by atoms with E-state index >= 15 is 0 Å². The van der Waals surface area contributed by atoms with Crippen molar-refractivity contribution >= 4 is 11.6 Å². The fourth-order valence-corrected chi connectivity index (χ4v) is 2.38. The van der Waals surface area contributed by atoms with Gasteiger partial charge in [-0.1, -0.05) is 11.6 Å². The summed E-state index contributed by atoms with van der Waals surface area (Å²) in [6.07, 6.45) is 6.61. The molecule has 1 aliphatic rings. The largest absolute Gasteiger partial charge is 0.389 e. The molecule has 1 aromatic heterocycles. The van der Waals surface area contributed by atoms with Gasteiger partial charge in [-0.2, -0.15) is 0 Å². The number of aliphatic hydroxyl groups is 1. The van der Waals surface area contributed by atoms with Crippen LogP contribution in [0.3, 0.4) is 0 Å². The van der Waals surface area contributed by atoms with E-state index in [0.29, 0.717) is 11.4 Å². The predicted octanol–water partition coefficient (Wildman–Crippen LogP) is 1.78. The van der Waals surface area contributed by atoms with Gasteiger partial charge in [0.2, 0.25) is 0 Å². The second kappa shape index (κ2) is 5.13. The first-order valence-corrected chi connectivity index (χ1v) is 6.09. The Morgan fingerprint density at radius 1 is 1.44 bits per heavy atom. The van der Waals surface area contributed by atoms with Crippen LogP contribution < -0.4 is 5.32 Å². The van der Waals surface area contributed by atoms with Crippen LogP contribution >= 0.6 is 11.6 Å². The van der Waals surface area contributed by atoms with Crippen LogP contribution in [-0.2, 0) is 6.42 Å².